The minimum atomic E-state index is -0.178. The zero-order valence-corrected chi connectivity index (χ0v) is 4.15. The summed E-state index contributed by atoms with van der Waals surface area (Å²) in [6.07, 6.45) is 1.55. The average molecular weight is 102 g/mol. The van der Waals surface area contributed by atoms with Gasteiger partial charge < -0.3 is 0 Å². The third kappa shape index (κ3) is 3.16. The molecule has 0 N–H and O–H groups in total. The van der Waals surface area contributed by atoms with Crippen molar-refractivity contribution in [3.8, 4) is 0 Å². The molecule has 0 saturated carbocycles. The summed E-state index contributed by atoms with van der Waals surface area (Å²) < 4.78 is 11.0. The van der Waals surface area contributed by atoms with Crippen molar-refractivity contribution in [3.63, 3.8) is 0 Å². The topological polar surface area (TPSA) is 17.1 Å². The molecule has 0 bridgehead atoms. The Balaban J connectivity index is 3.37. The standard InChI is InChI=1S/C5H7FO/c1-2-5(7)3-4-6/h3-4H,2H2,1H3. The molecule has 7 heavy (non-hydrogen) atoms. The van der Waals surface area contributed by atoms with E-state index < -0.39 is 0 Å². The largest absolute Gasteiger partial charge is 0.295 e. The van der Waals surface area contributed by atoms with Gasteiger partial charge in [-0.2, -0.15) is 0 Å². The molecule has 0 aromatic carbocycles. The number of carbonyl (C=O) groups is 1. The molecule has 0 aromatic rings. The molecule has 0 aliphatic carbocycles. The molecule has 2 heteroatoms. The number of hydrogen-bond acceptors (Lipinski definition) is 1. The normalized spacial score (nSPS) is 10.0. The molecule has 0 atom stereocenters. The van der Waals surface area contributed by atoms with E-state index in [-0.39, 0.29) is 12.1 Å². The molecule has 1 nitrogen and oxygen atoms in total. The van der Waals surface area contributed by atoms with Gasteiger partial charge in [0, 0.05) is 12.5 Å². The van der Waals surface area contributed by atoms with Crippen LogP contribution in [0.3, 0.4) is 0 Å². The van der Waals surface area contributed by atoms with Gasteiger partial charge in [-0.1, -0.05) is 6.92 Å². The molecule has 0 unspecified atom stereocenters. The number of halogens is 1. The average Bonchev–Trinajstić information content (AvgIpc) is 1.68. The summed E-state index contributed by atoms with van der Waals surface area (Å²) in [6, 6.07) is 0. The van der Waals surface area contributed by atoms with Crippen LogP contribution >= 0.6 is 0 Å². The van der Waals surface area contributed by atoms with Gasteiger partial charge in [0.25, 0.3) is 0 Å². The van der Waals surface area contributed by atoms with Crippen LogP contribution in [-0.2, 0) is 4.79 Å². The van der Waals surface area contributed by atoms with Gasteiger partial charge in [0.2, 0.25) is 0 Å². The first-order valence-corrected chi connectivity index (χ1v) is 2.11. The highest BCUT2D eigenvalue weighted by molar-refractivity contribution is 5.88. The van der Waals surface area contributed by atoms with Crippen molar-refractivity contribution in [1.29, 1.82) is 0 Å². The summed E-state index contributed by atoms with van der Waals surface area (Å²) in [4.78, 5) is 10.1. The van der Waals surface area contributed by atoms with Crippen molar-refractivity contribution in [2.45, 2.75) is 13.3 Å². The Bertz CT molecular complexity index is 86.1. The van der Waals surface area contributed by atoms with Crippen molar-refractivity contribution in [3.05, 3.63) is 12.4 Å². The highest BCUT2D eigenvalue weighted by Crippen LogP contribution is 1.81. The van der Waals surface area contributed by atoms with E-state index in [0.717, 1.165) is 6.08 Å². The van der Waals surface area contributed by atoms with Gasteiger partial charge in [-0.15, -0.1) is 0 Å². The molecule has 0 aliphatic heterocycles. The number of ketones is 1. The predicted octanol–water partition coefficient (Wildman–Crippen LogP) is 1.45. The maximum atomic E-state index is 11.0. The molecule has 0 saturated heterocycles. The summed E-state index contributed by atoms with van der Waals surface area (Å²) in [5.74, 6) is -0.178. The van der Waals surface area contributed by atoms with Crippen molar-refractivity contribution >= 4 is 5.78 Å². The lowest BCUT2D eigenvalue weighted by Gasteiger charge is -1.76. The lowest BCUT2D eigenvalue weighted by atomic mass is 10.3. The van der Waals surface area contributed by atoms with E-state index in [2.05, 4.69) is 0 Å². The van der Waals surface area contributed by atoms with E-state index in [1.807, 2.05) is 0 Å². The van der Waals surface area contributed by atoms with Gasteiger partial charge >= 0.3 is 0 Å². The second kappa shape index (κ2) is 3.53. The van der Waals surface area contributed by atoms with Crippen LogP contribution in [0.1, 0.15) is 13.3 Å². The van der Waals surface area contributed by atoms with E-state index in [4.69, 9.17) is 0 Å². The van der Waals surface area contributed by atoms with E-state index >= 15 is 0 Å². The van der Waals surface area contributed by atoms with Crippen LogP contribution in [0.5, 0.6) is 0 Å². The zero-order chi connectivity index (χ0) is 5.70. The van der Waals surface area contributed by atoms with Crippen molar-refractivity contribution in [2.75, 3.05) is 0 Å². The Kier molecular flexibility index (Phi) is 3.19. The maximum Gasteiger partial charge on any atom is 0.157 e. The first-order chi connectivity index (χ1) is 3.31. The third-order valence-electron chi connectivity index (χ3n) is 0.597. The highest BCUT2D eigenvalue weighted by Gasteiger charge is 1.85. The molecular weight excluding hydrogens is 95.1 g/mol. The quantitative estimate of drug-likeness (QED) is 0.482. The van der Waals surface area contributed by atoms with E-state index in [0.29, 0.717) is 6.42 Å². The molecule has 0 fully saturated rings. The van der Waals surface area contributed by atoms with Crippen molar-refractivity contribution < 1.29 is 9.18 Å². The number of allylic oxidation sites excluding steroid dienone is 1. The second-order valence-corrected chi connectivity index (χ2v) is 1.11. The molecule has 0 aromatic heterocycles. The van der Waals surface area contributed by atoms with Gasteiger partial charge in [-0.05, 0) is 0 Å². The Morgan fingerprint density at radius 1 is 1.86 bits per heavy atom. The molecule has 40 valence electrons. The van der Waals surface area contributed by atoms with Gasteiger partial charge in [0.05, 0.1) is 6.33 Å². The maximum absolute atomic E-state index is 11.0. The smallest absolute Gasteiger partial charge is 0.157 e. The molecule has 0 aliphatic rings. The second-order valence-electron chi connectivity index (χ2n) is 1.11. The van der Waals surface area contributed by atoms with Gasteiger partial charge in [-0.25, -0.2) is 4.39 Å². The van der Waals surface area contributed by atoms with E-state index in [9.17, 15) is 9.18 Å². The SMILES string of the molecule is CCC(=O)C=CF. The predicted molar refractivity (Wildman–Crippen MR) is 25.5 cm³/mol. The van der Waals surface area contributed by atoms with Gasteiger partial charge in [-0.3, -0.25) is 4.79 Å². The Labute approximate surface area is 41.8 Å². The first kappa shape index (κ1) is 6.34. The molecule has 0 spiro atoms. The zero-order valence-electron chi connectivity index (χ0n) is 4.15. The molecular formula is C5H7FO. The van der Waals surface area contributed by atoms with Crippen LogP contribution in [0.2, 0.25) is 0 Å². The van der Waals surface area contributed by atoms with Gasteiger partial charge in [0.1, 0.15) is 0 Å². The van der Waals surface area contributed by atoms with Gasteiger partial charge in [0.15, 0.2) is 5.78 Å². The molecule has 0 amide bonds. The Morgan fingerprint density at radius 2 is 2.43 bits per heavy atom. The lowest BCUT2D eigenvalue weighted by molar-refractivity contribution is -0.114. The third-order valence-corrected chi connectivity index (χ3v) is 0.597. The minimum Gasteiger partial charge on any atom is -0.295 e. The summed E-state index contributed by atoms with van der Waals surface area (Å²) in [5.41, 5.74) is 0. The monoisotopic (exact) mass is 102 g/mol. The first-order valence-electron chi connectivity index (χ1n) is 2.11. The molecule has 0 radical (unpaired) electrons. The lowest BCUT2D eigenvalue weighted by Crippen LogP contribution is -1.84. The van der Waals surface area contributed by atoms with Crippen LogP contribution in [-0.4, -0.2) is 5.78 Å². The van der Waals surface area contributed by atoms with Crippen LogP contribution < -0.4 is 0 Å². The fourth-order valence-corrected chi connectivity index (χ4v) is 0.188. The van der Waals surface area contributed by atoms with E-state index in [1.54, 1.807) is 6.92 Å². The van der Waals surface area contributed by atoms with Crippen molar-refractivity contribution in [1.82, 2.24) is 0 Å². The summed E-state index contributed by atoms with van der Waals surface area (Å²) in [6.45, 7) is 1.68. The van der Waals surface area contributed by atoms with Crippen LogP contribution in [0.15, 0.2) is 12.4 Å². The van der Waals surface area contributed by atoms with Crippen LogP contribution in [0.25, 0.3) is 0 Å². The minimum absolute atomic E-state index is 0.178. The summed E-state index contributed by atoms with van der Waals surface area (Å²) in [5, 5.41) is 0. The molecule has 0 heterocycles. The van der Waals surface area contributed by atoms with Crippen LogP contribution in [0.4, 0.5) is 4.39 Å². The Morgan fingerprint density at radius 3 is 2.57 bits per heavy atom. The van der Waals surface area contributed by atoms with Crippen molar-refractivity contribution in [2.24, 2.45) is 0 Å². The van der Waals surface area contributed by atoms with Crippen LogP contribution in [0, 0.1) is 0 Å². The van der Waals surface area contributed by atoms with E-state index in [1.165, 1.54) is 0 Å². The fraction of sp³-hybridized carbons (Fsp3) is 0.400. The number of carbonyl (C=O) groups excluding carboxylic acids is 1. The summed E-state index contributed by atoms with van der Waals surface area (Å²) in [7, 11) is 0. The highest BCUT2D eigenvalue weighted by atomic mass is 19.1. The molecule has 0 rings (SSSR count). The number of rotatable bonds is 2. The number of hydrogen-bond donors (Lipinski definition) is 0. The fourth-order valence-electron chi connectivity index (χ4n) is 0.188. The Hall–Kier alpha value is -0.660. The summed E-state index contributed by atoms with van der Waals surface area (Å²) >= 11 is 0.